The van der Waals surface area contributed by atoms with E-state index < -0.39 is 0 Å². The molecular weight excluding hydrogens is 358 g/mol. The van der Waals surface area contributed by atoms with Gasteiger partial charge < -0.3 is 4.90 Å². The Morgan fingerprint density at radius 1 is 1.22 bits per heavy atom. The zero-order valence-electron chi connectivity index (χ0n) is 10.6. The molecule has 2 nitrogen and oxygen atoms in total. The van der Waals surface area contributed by atoms with E-state index in [0.29, 0.717) is 12.0 Å². The van der Waals surface area contributed by atoms with Crippen molar-refractivity contribution >= 4 is 37.8 Å². The Morgan fingerprint density at radius 3 is 2.44 bits per heavy atom. The molecule has 18 heavy (non-hydrogen) atoms. The van der Waals surface area contributed by atoms with E-state index in [1.807, 2.05) is 23.1 Å². The topological polar surface area (TPSA) is 20.3 Å². The van der Waals surface area contributed by atoms with E-state index in [2.05, 4.69) is 45.7 Å². The Labute approximate surface area is 125 Å². The predicted octanol–water partition coefficient (Wildman–Crippen LogP) is 4.47. The molecule has 1 saturated heterocycles. The first-order chi connectivity index (χ1) is 8.49. The van der Waals surface area contributed by atoms with E-state index in [9.17, 15) is 4.79 Å². The Morgan fingerprint density at radius 2 is 1.83 bits per heavy atom. The van der Waals surface area contributed by atoms with Crippen molar-refractivity contribution in [2.75, 3.05) is 6.54 Å². The highest BCUT2D eigenvalue weighted by molar-refractivity contribution is 9.11. The maximum Gasteiger partial charge on any atom is 0.254 e. The van der Waals surface area contributed by atoms with E-state index >= 15 is 0 Å². The first-order valence-electron chi connectivity index (χ1n) is 6.26. The summed E-state index contributed by atoms with van der Waals surface area (Å²) in [6.45, 7) is 5.24. The number of likely N-dealkylation sites (tertiary alicyclic amines) is 1. The number of amides is 1. The van der Waals surface area contributed by atoms with Gasteiger partial charge in [-0.1, -0.05) is 38.8 Å². The molecule has 1 aromatic carbocycles. The predicted molar refractivity (Wildman–Crippen MR) is 80.7 cm³/mol. The third kappa shape index (κ3) is 2.97. The van der Waals surface area contributed by atoms with Crippen molar-refractivity contribution in [3.63, 3.8) is 0 Å². The lowest BCUT2D eigenvalue weighted by Gasteiger charge is -2.38. The molecule has 0 N–H and O–H groups in total. The van der Waals surface area contributed by atoms with Crippen LogP contribution in [0.1, 0.15) is 37.0 Å². The number of piperidine rings is 1. The fourth-order valence-electron chi connectivity index (χ4n) is 2.47. The summed E-state index contributed by atoms with van der Waals surface area (Å²) in [6, 6.07) is 6.04. The lowest BCUT2D eigenvalue weighted by atomic mass is 9.91. The number of hydrogen-bond donors (Lipinski definition) is 0. The van der Waals surface area contributed by atoms with Crippen molar-refractivity contribution in [2.45, 2.75) is 32.7 Å². The Balaban J connectivity index is 2.24. The van der Waals surface area contributed by atoms with Gasteiger partial charge in [-0.05, 0) is 43.9 Å². The second-order valence-corrected chi connectivity index (χ2v) is 6.85. The molecule has 0 radical (unpaired) electrons. The van der Waals surface area contributed by atoms with Crippen LogP contribution in [0.3, 0.4) is 0 Å². The number of rotatable bonds is 1. The minimum atomic E-state index is 0.135. The van der Waals surface area contributed by atoms with E-state index in [-0.39, 0.29) is 5.91 Å². The second-order valence-electron chi connectivity index (χ2n) is 5.02. The third-order valence-corrected chi connectivity index (χ3v) is 4.66. The van der Waals surface area contributed by atoms with Crippen molar-refractivity contribution < 1.29 is 4.79 Å². The summed E-state index contributed by atoms with van der Waals surface area (Å²) >= 11 is 6.86. The molecule has 2 atom stereocenters. The average Bonchev–Trinajstić information content (AvgIpc) is 2.30. The van der Waals surface area contributed by atoms with Crippen molar-refractivity contribution in [1.29, 1.82) is 0 Å². The van der Waals surface area contributed by atoms with Gasteiger partial charge in [-0.2, -0.15) is 0 Å². The molecule has 2 rings (SSSR count). The van der Waals surface area contributed by atoms with Crippen LogP contribution < -0.4 is 0 Å². The monoisotopic (exact) mass is 373 g/mol. The van der Waals surface area contributed by atoms with Gasteiger partial charge in [-0.15, -0.1) is 0 Å². The SMILES string of the molecule is CC1CCCN(C(=O)c2cc(Br)cc(Br)c2)C1C. The van der Waals surface area contributed by atoms with Gasteiger partial charge in [0.15, 0.2) is 0 Å². The number of carbonyl (C=O) groups excluding carboxylic acids is 1. The summed E-state index contributed by atoms with van der Waals surface area (Å²) < 4.78 is 1.86. The molecule has 98 valence electrons. The van der Waals surface area contributed by atoms with Gasteiger partial charge >= 0.3 is 0 Å². The van der Waals surface area contributed by atoms with Gasteiger partial charge in [0.1, 0.15) is 0 Å². The minimum Gasteiger partial charge on any atom is -0.336 e. The maximum atomic E-state index is 12.5. The molecule has 0 aliphatic carbocycles. The molecule has 1 aliphatic heterocycles. The standard InChI is InChI=1S/C14H17Br2NO/c1-9-4-3-5-17(10(9)2)14(18)11-6-12(15)8-13(16)7-11/h6-10H,3-5H2,1-2H3. The molecule has 0 saturated carbocycles. The first kappa shape index (κ1) is 14.1. The molecule has 1 heterocycles. The Hall–Kier alpha value is -0.350. The van der Waals surface area contributed by atoms with Crippen LogP contribution >= 0.6 is 31.9 Å². The lowest BCUT2D eigenvalue weighted by molar-refractivity contribution is 0.0551. The van der Waals surface area contributed by atoms with Crippen LogP contribution in [0.4, 0.5) is 0 Å². The van der Waals surface area contributed by atoms with Crippen molar-refractivity contribution in [2.24, 2.45) is 5.92 Å². The van der Waals surface area contributed by atoms with Crippen molar-refractivity contribution in [1.82, 2.24) is 4.90 Å². The maximum absolute atomic E-state index is 12.5. The molecule has 1 aliphatic rings. The van der Waals surface area contributed by atoms with Gasteiger partial charge in [0.2, 0.25) is 0 Å². The second kappa shape index (κ2) is 5.74. The number of carbonyl (C=O) groups is 1. The van der Waals surface area contributed by atoms with Crippen molar-refractivity contribution in [3.05, 3.63) is 32.7 Å². The molecule has 2 unspecified atom stereocenters. The first-order valence-corrected chi connectivity index (χ1v) is 7.84. The highest BCUT2D eigenvalue weighted by Gasteiger charge is 2.29. The zero-order valence-corrected chi connectivity index (χ0v) is 13.8. The van der Waals surface area contributed by atoms with Crippen molar-refractivity contribution in [3.8, 4) is 0 Å². The van der Waals surface area contributed by atoms with Gasteiger partial charge in [-0.25, -0.2) is 0 Å². The molecule has 1 fully saturated rings. The third-order valence-electron chi connectivity index (χ3n) is 3.74. The Bertz CT molecular complexity index is 441. The average molecular weight is 375 g/mol. The molecule has 1 amide bonds. The van der Waals surface area contributed by atoms with Gasteiger partial charge in [0.05, 0.1) is 0 Å². The summed E-state index contributed by atoms with van der Waals surface area (Å²) in [5.74, 6) is 0.717. The van der Waals surface area contributed by atoms with E-state index in [1.165, 1.54) is 6.42 Å². The van der Waals surface area contributed by atoms with Crippen LogP contribution in [0.25, 0.3) is 0 Å². The fraction of sp³-hybridized carbons (Fsp3) is 0.500. The summed E-state index contributed by atoms with van der Waals surface area (Å²) in [5.41, 5.74) is 0.747. The van der Waals surface area contributed by atoms with Crippen LogP contribution in [0.15, 0.2) is 27.1 Å². The van der Waals surface area contributed by atoms with Crippen LogP contribution in [0.2, 0.25) is 0 Å². The number of nitrogens with zero attached hydrogens (tertiary/aromatic N) is 1. The van der Waals surface area contributed by atoms with E-state index in [0.717, 1.165) is 27.5 Å². The Kier molecular flexibility index (Phi) is 4.49. The summed E-state index contributed by atoms with van der Waals surface area (Å²) in [7, 11) is 0. The molecule has 4 heteroatoms. The molecule has 0 aromatic heterocycles. The number of benzene rings is 1. The number of hydrogen-bond acceptors (Lipinski definition) is 1. The van der Waals surface area contributed by atoms with Gasteiger partial charge in [0, 0.05) is 27.1 Å². The summed E-state index contributed by atoms with van der Waals surface area (Å²) in [4.78, 5) is 14.5. The highest BCUT2D eigenvalue weighted by Crippen LogP contribution is 2.26. The normalized spacial score (nSPS) is 24.1. The smallest absolute Gasteiger partial charge is 0.254 e. The van der Waals surface area contributed by atoms with Gasteiger partial charge in [0.25, 0.3) is 5.91 Å². The fourth-order valence-corrected chi connectivity index (χ4v) is 3.76. The van der Waals surface area contributed by atoms with Crippen LogP contribution in [-0.2, 0) is 0 Å². The van der Waals surface area contributed by atoms with Crippen LogP contribution in [-0.4, -0.2) is 23.4 Å². The lowest BCUT2D eigenvalue weighted by Crippen LogP contribution is -2.46. The van der Waals surface area contributed by atoms with Gasteiger partial charge in [-0.3, -0.25) is 4.79 Å². The molecular formula is C14H17Br2NO. The number of halogens is 2. The minimum absolute atomic E-state index is 0.135. The largest absolute Gasteiger partial charge is 0.336 e. The molecule has 0 bridgehead atoms. The quantitative estimate of drug-likeness (QED) is 0.709. The van der Waals surface area contributed by atoms with Crippen LogP contribution in [0, 0.1) is 5.92 Å². The highest BCUT2D eigenvalue weighted by atomic mass is 79.9. The zero-order chi connectivity index (χ0) is 13.3. The van der Waals surface area contributed by atoms with E-state index in [4.69, 9.17) is 0 Å². The van der Waals surface area contributed by atoms with E-state index in [1.54, 1.807) is 0 Å². The summed E-state index contributed by atoms with van der Waals surface area (Å²) in [5, 5.41) is 0. The molecule has 0 spiro atoms. The molecule has 1 aromatic rings. The summed E-state index contributed by atoms with van der Waals surface area (Å²) in [6.07, 6.45) is 2.32. The van der Waals surface area contributed by atoms with Crippen LogP contribution in [0.5, 0.6) is 0 Å².